The number of benzene rings is 2. The van der Waals surface area contributed by atoms with Crippen LogP contribution in [0.15, 0.2) is 59.1 Å². The van der Waals surface area contributed by atoms with Gasteiger partial charge in [0.25, 0.3) is 5.91 Å². The smallest absolute Gasteiger partial charge is 0.339 e. The highest BCUT2D eigenvalue weighted by Crippen LogP contribution is 2.22. The number of esters is 1. The molecule has 0 saturated carbocycles. The van der Waals surface area contributed by atoms with Crippen molar-refractivity contribution in [1.82, 2.24) is 5.16 Å². The molecule has 2 aromatic carbocycles. The van der Waals surface area contributed by atoms with E-state index < -0.39 is 29.6 Å². The van der Waals surface area contributed by atoms with Gasteiger partial charge in [0, 0.05) is 11.6 Å². The molecule has 1 heterocycles. The number of nitrogens with zero attached hydrogens (tertiary/aromatic N) is 1. The Morgan fingerprint density at radius 3 is 2.44 bits per heavy atom. The number of carbonyl (C=O) groups excluding carboxylic acids is 2. The van der Waals surface area contributed by atoms with Crippen LogP contribution in [0.2, 0.25) is 0 Å². The van der Waals surface area contributed by atoms with Crippen molar-refractivity contribution in [1.29, 1.82) is 0 Å². The molecule has 0 aliphatic carbocycles. The molecular formula is C19H14F2N2O4. The summed E-state index contributed by atoms with van der Waals surface area (Å²) in [7, 11) is 0. The Labute approximate surface area is 152 Å². The summed E-state index contributed by atoms with van der Waals surface area (Å²) in [6.07, 6.45) is -1.33. The van der Waals surface area contributed by atoms with E-state index in [-0.39, 0.29) is 11.4 Å². The van der Waals surface area contributed by atoms with Gasteiger partial charge < -0.3 is 14.6 Å². The van der Waals surface area contributed by atoms with Crippen LogP contribution in [0.4, 0.5) is 14.6 Å². The Kier molecular flexibility index (Phi) is 5.25. The minimum Gasteiger partial charge on any atom is -0.444 e. The van der Waals surface area contributed by atoms with Gasteiger partial charge in [-0.2, -0.15) is 0 Å². The van der Waals surface area contributed by atoms with Crippen molar-refractivity contribution in [3.05, 3.63) is 83.1 Å². The number of amides is 1. The van der Waals surface area contributed by atoms with E-state index in [9.17, 15) is 18.4 Å². The van der Waals surface area contributed by atoms with Crippen molar-refractivity contribution in [3.8, 4) is 0 Å². The molecule has 6 nitrogen and oxygen atoms in total. The van der Waals surface area contributed by atoms with Crippen molar-refractivity contribution in [2.75, 3.05) is 5.32 Å². The second-order valence-corrected chi connectivity index (χ2v) is 5.64. The van der Waals surface area contributed by atoms with E-state index in [1.54, 1.807) is 37.3 Å². The first-order valence-electron chi connectivity index (χ1n) is 7.89. The maximum Gasteiger partial charge on any atom is 0.339 e. The Morgan fingerprint density at radius 1 is 1.07 bits per heavy atom. The molecule has 27 heavy (non-hydrogen) atoms. The SMILES string of the molecule is Cc1cc(NC(=O)C(OC(=O)c2ccc(F)c(F)c2)c2ccccc2)no1. The highest BCUT2D eigenvalue weighted by atomic mass is 19.2. The van der Waals surface area contributed by atoms with E-state index in [1.165, 1.54) is 6.07 Å². The first-order valence-corrected chi connectivity index (χ1v) is 7.89. The number of ether oxygens (including phenoxy) is 1. The summed E-state index contributed by atoms with van der Waals surface area (Å²) in [6.45, 7) is 1.65. The molecule has 0 aliphatic rings. The van der Waals surface area contributed by atoms with Crippen molar-refractivity contribution in [2.24, 2.45) is 0 Å². The fourth-order valence-electron chi connectivity index (χ4n) is 2.32. The van der Waals surface area contributed by atoms with Gasteiger partial charge in [0.05, 0.1) is 5.56 Å². The van der Waals surface area contributed by atoms with Crippen LogP contribution in [-0.2, 0) is 9.53 Å². The number of halogens is 2. The van der Waals surface area contributed by atoms with Crippen molar-refractivity contribution in [2.45, 2.75) is 13.0 Å². The highest BCUT2D eigenvalue weighted by Gasteiger charge is 2.27. The molecular weight excluding hydrogens is 358 g/mol. The van der Waals surface area contributed by atoms with E-state index in [0.717, 1.165) is 12.1 Å². The van der Waals surface area contributed by atoms with Crippen LogP contribution in [0.5, 0.6) is 0 Å². The number of anilines is 1. The van der Waals surface area contributed by atoms with Crippen LogP contribution >= 0.6 is 0 Å². The lowest BCUT2D eigenvalue weighted by Gasteiger charge is -2.17. The second-order valence-electron chi connectivity index (χ2n) is 5.64. The molecule has 138 valence electrons. The molecule has 0 aliphatic heterocycles. The zero-order valence-electron chi connectivity index (χ0n) is 14.1. The molecule has 1 atom stereocenters. The molecule has 0 spiro atoms. The van der Waals surface area contributed by atoms with Crippen LogP contribution in [-0.4, -0.2) is 17.0 Å². The average molecular weight is 372 g/mol. The van der Waals surface area contributed by atoms with Crippen LogP contribution in [0.3, 0.4) is 0 Å². The van der Waals surface area contributed by atoms with Crippen molar-refractivity contribution < 1.29 is 27.6 Å². The molecule has 1 amide bonds. The Bertz CT molecular complexity index is 973. The van der Waals surface area contributed by atoms with E-state index in [0.29, 0.717) is 17.4 Å². The molecule has 0 saturated heterocycles. The third kappa shape index (κ3) is 4.35. The van der Waals surface area contributed by atoms with Gasteiger partial charge >= 0.3 is 5.97 Å². The number of aryl methyl sites for hydroxylation is 1. The van der Waals surface area contributed by atoms with E-state index in [2.05, 4.69) is 10.5 Å². The first-order chi connectivity index (χ1) is 12.9. The lowest BCUT2D eigenvalue weighted by atomic mass is 10.1. The molecule has 0 fully saturated rings. The number of aromatic nitrogens is 1. The number of rotatable bonds is 5. The highest BCUT2D eigenvalue weighted by molar-refractivity contribution is 5.97. The summed E-state index contributed by atoms with van der Waals surface area (Å²) in [5, 5.41) is 6.14. The Morgan fingerprint density at radius 2 is 1.81 bits per heavy atom. The summed E-state index contributed by atoms with van der Waals surface area (Å²) in [5.74, 6) is -3.30. The second kappa shape index (κ2) is 7.77. The quantitative estimate of drug-likeness (QED) is 0.689. The molecule has 1 unspecified atom stereocenters. The monoisotopic (exact) mass is 372 g/mol. The molecule has 0 radical (unpaired) electrons. The van der Waals surface area contributed by atoms with Gasteiger partial charge in [-0.15, -0.1) is 0 Å². The minimum absolute atomic E-state index is 0.155. The molecule has 0 bridgehead atoms. The average Bonchev–Trinajstić information content (AvgIpc) is 3.07. The van der Waals surface area contributed by atoms with Gasteiger partial charge in [0.1, 0.15) is 5.76 Å². The molecule has 8 heteroatoms. The number of hydrogen-bond acceptors (Lipinski definition) is 5. The summed E-state index contributed by atoms with van der Waals surface area (Å²) >= 11 is 0. The van der Waals surface area contributed by atoms with E-state index in [1.807, 2.05) is 0 Å². The van der Waals surface area contributed by atoms with Gasteiger partial charge in [-0.1, -0.05) is 35.5 Å². The normalized spacial score (nSPS) is 11.7. The van der Waals surface area contributed by atoms with Crippen molar-refractivity contribution in [3.63, 3.8) is 0 Å². The maximum atomic E-state index is 13.4. The number of hydrogen-bond donors (Lipinski definition) is 1. The van der Waals surface area contributed by atoms with Gasteiger partial charge in [0.2, 0.25) is 6.10 Å². The zero-order chi connectivity index (χ0) is 19.4. The third-order valence-electron chi connectivity index (χ3n) is 3.60. The topological polar surface area (TPSA) is 81.4 Å². The van der Waals surface area contributed by atoms with Crippen LogP contribution in [0.25, 0.3) is 0 Å². The Hall–Kier alpha value is -3.55. The predicted molar refractivity (Wildman–Crippen MR) is 90.8 cm³/mol. The summed E-state index contributed by atoms with van der Waals surface area (Å²) in [4.78, 5) is 24.9. The molecule has 1 aromatic heterocycles. The van der Waals surface area contributed by atoms with Crippen molar-refractivity contribution >= 4 is 17.7 Å². The molecule has 3 rings (SSSR count). The standard InChI is InChI=1S/C19H14F2N2O4/c1-11-9-16(23-27-11)22-18(24)17(12-5-3-2-4-6-12)26-19(25)13-7-8-14(20)15(21)10-13/h2-10,17H,1H3,(H,22,23,24). The van der Waals surface area contributed by atoms with Gasteiger partial charge in [0.15, 0.2) is 17.5 Å². The Balaban J connectivity index is 1.84. The summed E-state index contributed by atoms with van der Waals surface area (Å²) in [5.41, 5.74) is 0.172. The fourth-order valence-corrected chi connectivity index (χ4v) is 2.32. The van der Waals surface area contributed by atoms with Crippen LogP contribution < -0.4 is 5.32 Å². The van der Waals surface area contributed by atoms with Gasteiger partial charge in [-0.05, 0) is 25.1 Å². The summed E-state index contributed by atoms with van der Waals surface area (Å²) in [6, 6.07) is 12.3. The third-order valence-corrected chi connectivity index (χ3v) is 3.60. The summed E-state index contributed by atoms with van der Waals surface area (Å²) < 4.78 is 36.6. The molecule has 3 aromatic rings. The zero-order valence-corrected chi connectivity index (χ0v) is 14.1. The first kappa shape index (κ1) is 18.2. The number of carbonyl (C=O) groups is 2. The van der Waals surface area contributed by atoms with Gasteiger partial charge in [-0.3, -0.25) is 4.79 Å². The predicted octanol–water partition coefficient (Wildman–Crippen LogP) is 3.80. The number of nitrogens with one attached hydrogen (secondary N) is 1. The maximum absolute atomic E-state index is 13.4. The van der Waals surface area contributed by atoms with Crippen LogP contribution in [0, 0.1) is 18.6 Å². The minimum atomic E-state index is -1.33. The van der Waals surface area contributed by atoms with Crippen LogP contribution in [0.1, 0.15) is 27.8 Å². The fraction of sp³-hybridized carbons (Fsp3) is 0.105. The molecule has 1 N–H and O–H groups in total. The lowest BCUT2D eigenvalue weighted by molar-refractivity contribution is -0.125. The van der Waals surface area contributed by atoms with E-state index >= 15 is 0 Å². The lowest BCUT2D eigenvalue weighted by Crippen LogP contribution is -2.26. The van der Waals surface area contributed by atoms with E-state index in [4.69, 9.17) is 9.26 Å². The van der Waals surface area contributed by atoms with Gasteiger partial charge in [-0.25, -0.2) is 13.6 Å². The largest absolute Gasteiger partial charge is 0.444 e.